The van der Waals surface area contributed by atoms with Gasteiger partial charge in [0, 0.05) is 28.4 Å². The smallest absolute Gasteiger partial charge is 0.0491 e. The highest BCUT2D eigenvalue weighted by Crippen LogP contribution is 2.37. The van der Waals surface area contributed by atoms with E-state index < -0.39 is 0 Å². The van der Waals surface area contributed by atoms with Crippen LogP contribution < -0.4 is 0 Å². The molecule has 1 heterocycles. The maximum absolute atomic E-state index is 2.59. The molecule has 0 aliphatic carbocycles. The summed E-state index contributed by atoms with van der Waals surface area (Å²) in [6.45, 7) is 17.5. The van der Waals surface area contributed by atoms with E-state index in [1.165, 1.54) is 84.3 Å². The summed E-state index contributed by atoms with van der Waals surface area (Å²) in [6, 6.07) is 14.5. The topological polar surface area (TPSA) is 4.93 Å². The molecular formula is C30H45N. The molecule has 0 spiro atoms. The lowest BCUT2D eigenvalue weighted by atomic mass is 9.80. The van der Waals surface area contributed by atoms with E-state index in [2.05, 4.69) is 89.4 Å². The van der Waals surface area contributed by atoms with Crippen LogP contribution in [0.5, 0.6) is 0 Å². The van der Waals surface area contributed by atoms with Gasteiger partial charge in [-0.1, -0.05) is 99.1 Å². The summed E-state index contributed by atoms with van der Waals surface area (Å²) < 4.78 is 2.59. The van der Waals surface area contributed by atoms with Crippen molar-refractivity contribution in [2.45, 2.75) is 117 Å². The van der Waals surface area contributed by atoms with Gasteiger partial charge in [-0.25, -0.2) is 0 Å². The Kier molecular flexibility index (Phi) is 7.55. The highest BCUT2D eigenvalue weighted by molar-refractivity contribution is 6.08. The summed E-state index contributed by atoms with van der Waals surface area (Å²) in [4.78, 5) is 0. The molecule has 1 nitrogen and oxygen atoms in total. The van der Waals surface area contributed by atoms with E-state index in [1.807, 2.05) is 0 Å². The first kappa shape index (κ1) is 23.9. The number of rotatable bonds is 10. The van der Waals surface area contributed by atoms with Gasteiger partial charge in [0.1, 0.15) is 0 Å². The molecule has 170 valence electrons. The number of aromatic nitrogens is 1. The molecule has 0 N–H and O–H groups in total. The average Bonchev–Trinajstić information content (AvgIpc) is 3.02. The SMILES string of the molecule is CCCCCCCCn1c2ccc(C(C)(C)C)cc2c2cc(C(C)(C)CCC)ccc21. The Bertz CT molecular complexity index is 997. The zero-order valence-electron chi connectivity index (χ0n) is 21.3. The molecule has 3 rings (SSSR count). The minimum atomic E-state index is 0.168. The number of benzene rings is 2. The van der Waals surface area contributed by atoms with Gasteiger partial charge in [0.05, 0.1) is 0 Å². The molecule has 0 atom stereocenters. The second-order valence-electron chi connectivity index (χ2n) is 11.3. The van der Waals surface area contributed by atoms with E-state index in [0.29, 0.717) is 0 Å². The Morgan fingerprint density at radius 1 is 0.645 bits per heavy atom. The molecule has 0 saturated heterocycles. The maximum atomic E-state index is 2.59. The van der Waals surface area contributed by atoms with Crippen LogP contribution in [-0.2, 0) is 17.4 Å². The van der Waals surface area contributed by atoms with E-state index in [1.54, 1.807) is 0 Å². The fourth-order valence-corrected chi connectivity index (χ4v) is 5.05. The van der Waals surface area contributed by atoms with E-state index in [-0.39, 0.29) is 10.8 Å². The third-order valence-corrected chi connectivity index (χ3v) is 7.12. The molecule has 0 saturated carbocycles. The van der Waals surface area contributed by atoms with Gasteiger partial charge in [0.25, 0.3) is 0 Å². The Morgan fingerprint density at radius 2 is 1.19 bits per heavy atom. The van der Waals surface area contributed by atoms with Crippen molar-refractivity contribution in [1.29, 1.82) is 0 Å². The van der Waals surface area contributed by atoms with Crippen molar-refractivity contribution < 1.29 is 0 Å². The zero-order valence-corrected chi connectivity index (χ0v) is 21.3. The van der Waals surface area contributed by atoms with Crippen LogP contribution in [0.2, 0.25) is 0 Å². The van der Waals surface area contributed by atoms with Crippen LogP contribution in [0.1, 0.15) is 111 Å². The summed E-state index contributed by atoms with van der Waals surface area (Å²) in [5.74, 6) is 0. The van der Waals surface area contributed by atoms with Gasteiger partial charge in [-0.15, -0.1) is 0 Å². The predicted molar refractivity (Wildman–Crippen MR) is 139 cm³/mol. The monoisotopic (exact) mass is 419 g/mol. The van der Waals surface area contributed by atoms with Crippen molar-refractivity contribution in [3.63, 3.8) is 0 Å². The Labute approximate surface area is 191 Å². The van der Waals surface area contributed by atoms with Crippen molar-refractivity contribution in [2.75, 3.05) is 0 Å². The van der Waals surface area contributed by atoms with Crippen molar-refractivity contribution in [2.24, 2.45) is 0 Å². The summed E-state index contributed by atoms with van der Waals surface area (Å²) in [7, 11) is 0. The quantitative estimate of drug-likeness (QED) is 0.288. The second-order valence-corrected chi connectivity index (χ2v) is 11.3. The molecule has 3 aromatic rings. The molecule has 0 amide bonds. The van der Waals surface area contributed by atoms with Crippen LogP contribution in [0.25, 0.3) is 21.8 Å². The fraction of sp³-hybridized carbons (Fsp3) is 0.600. The summed E-state index contributed by atoms with van der Waals surface area (Å²) in [5.41, 5.74) is 6.10. The zero-order chi connectivity index (χ0) is 22.6. The number of aryl methyl sites for hydroxylation is 1. The highest BCUT2D eigenvalue weighted by atomic mass is 15.0. The third kappa shape index (κ3) is 5.36. The number of fused-ring (bicyclic) bond motifs is 3. The molecule has 0 aliphatic heterocycles. The maximum Gasteiger partial charge on any atom is 0.0491 e. The Balaban J connectivity index is 2.05. The second kappa shape index (κ2) is 9.80. The summed E-state index contributed by atoms with van der Waals surface area (Å²) >= 11 is 0. The van der Waals surface area contributed by atoms with Crippen LogP contribution >= 0.6 is 0 Å². The van der Waals surface area contributed by atoms with Crippen LogP contribution in [0.4, 0.5) is 0 Å². The largest absolute Gasteiger partial charge is 0.340 e. The first-order chi connectivity index (χ1) is 14.7. The highest BCUT2D eigenvalue weighted by Gasteiger charge is 2.22. The molecule has 0 bridgehead atoms. The van der Waals surface area contributed by atoms with Crippen molar-refractivity contribution >= 4 is 21.8 Å². The summed E-state index contributed by atoms with van der Waals surface area (Å²) in [5, 5.41) is 2.87. The Hall–Kier alpha value is -1.76. The molecule has 0 fully saturated rings. The molecule has 0 unspecified atom stereocenters. The van der Waals surface area contributed by atoms with Crippen molar-refractivity contribution in [1.82, 2.24) is 4.57 Å². The minimum absolute atomic E-state index is 0.168. The van der Waals surface area contributed by atoms with Crippen molar-refractivity contribution in [3.05, 3.63) is 47.5 Å². The number of nitrogens with zero attached hydrogens (tertiary/aromatic N) is 1. The molecular weight excluding hydrogens is 374 g/mol. The van der Waals surface area contributed by atoms with E-state index >= 15 is 0 Å². The van der Waals surface area contributed by atoms with E-state index in [4.69, 9.17) is 0 Å². The molecule has 1 aromatic heterocycles. The predicted octanol–water partition coefficient (Wildman–Crippen LogP) is 9.53. The lowest BCUT2D eigenvalue weighted by molar-refractivity contribution is 0.473. The normalized spacial score (nSPS) is 12.9. The Morgan fingerprint density at radius 3 is 1.77 bits per heavy atom. The molecule has 2 aromatic carbocycles. The van der Waals surface area contributed by atoms with E-state index in [9.17, 15) is 0 Å². The van der Waals surface area contributed by atoms with E-state index in [0.717, 1.165) is 6.54 Å². The lowest BCUT2D eigenvalue weighted by Gasteiger charge is -2.25. The van der Waals surface area contributed by atoms with Gasteiger partial charge in [0.2, 0.25) is 0 Å². The van der Waals surface area contributed by atoms with Gasteiger partial charge in [0.15, 0.2) is 0 Å². The average molecular weight is 420 g/mol. The first-order valence-corrected chi connectivity index (χ1v) is 12.8. The first-order valence-electron chi connectivity index (χ1n) is 12.8. The minimum Gasteiger partial charge on any atom is -0.340 e. The van der Waals surface area contributed by atoms with Gasteiger partial charge >= 0.3 is 0 Å². The fourth-order valence-electron chi connectivity index (χ4n) is 5.05. The van der Waals surface area contributed by atoms with Gasteiger partial charge < -0.3 is 4.57 Å². The standard InChI is InChI=1S/C30H45N/c1-8-10-11-12-13-14-20-31-27-17-15-23(29(3,4)5)21-25(27)26-22-24(16-18-28(26)31)30(6,7)19-9-2/h15-18,21-22H,8-14,19-20H2,1-7H3. The van der Waals surface area contributed by atoms with Gasteiger partial charge in [-0.2, -0.15) is 0 Å². The van der Waals surface area contributed by atoms with Crippen LogP contribution in [0.15, 0.2) is 36.4 Å². The van der Waals surface area contributed by atoms with Crippen molar-refractivity contribution in [3.8, 4) is 0 Å². The molecule has 31 heavy (non-hydrogen) atoms. The van der Waals surface area contributed by atoms with Crippen LogP contribution in [-0.4, -0.2) is 4.57 Å². The molecule has 0 aliphatic rings. The number of hydrogen-bond acceptors (Lipinski definition) is 0. The number of unbranched alkanes of at least 4 members (excludes halogenated alkanes) is 5. The number of hydrogen-bond donors (Lipinski definition) is 0. The molecule has 0 radical (unpaired) electrons. The lowest BCUT2D eigenvalue weighted by Crippen LogP contribution is -2.16. The third-order valence-electron chi connectivity index (χ3n) is 7.12. The summed E-state index contributed by atoms with van der Waals surface area (Å²) in [6.07, 6.45) is 10.5. The molecule has 1 heteroatoms. The van der Waals surface area contributed by atoms with Crippen LogP contribution in [0.3, 0.4) is 0 Å². The van der Waals surface area contributed by atoms with Gasteiger partial charge in [-0.3, -0.25) is 0 Å². The van der Waals surface area contributed by atoms with Crippen LogP contribution in [0, 0.1) is 0 Å². The van der Waals surface area contributed by atoms with Gasteiger partial charge in [-0.05, 0) is 59.1 Å².